The Labute approximate surface area is 163 Å². The zero-order valence-corrected chi connectivity index (χ0v) is 15.5. The highest BCUT2D eigenvalue weighted by Gasteiger charge is 2.39. The molecule has 7 nitrogen and oxygen atoms in total. The summed E-state index contributed by atoms with van der Waals surface area (Å²) in [6.07, 6.45) is -2.04. The maximum absolute atomic E-state index is 13.2. The Morgan fingerprint density at radius 1 is 1.21 bits per heavy atom. The molecule has 0 atom stereocenters. The summed E-state index contributed by atoms with van der Waals surface area (Å²) >= 11 is 0. The van der Waals surface area contributed by atoms with Crippen molar-refractivity contribution in [3.63, 3.8) is 0 Å². The van der Waals surface area contributed by atoms with Crippen molar-refractivity contribution in [2.75, 3.05) is 6.54 Å². The van der Waals surface area contributed by atoms with Crippen LogP contribution in [0.1, 0.15) is 29.8 Å². The third-order valence-corrected chi connectivity index (χ3v) is 5.05. The smallest absolute Gasteiger partial charge is 0.408 e. The first kappa shape index (κ1) is 19.3. The quantitative estimate of drug-likeness (QED) is 0.703. The Kier molecular flexibility index (Phi) is 4.93. The van der Waals surface area contributed by atoms with Gasteiger partial charge in [0.1, 0.15) is 6.54 Å². The van der Waals surface area contributed by atoms with Crippen LogP contribution in [0.3, 0.4) is 0 Å². The molecule has 2 heterocycles. The lowest BCUT2D eigenvalue weighted by atomic mass is 9.95. The molecule has 1 aromatic carbocycles. The monoisotopic (exact) mass is 408 g/mol. The Morgan fingerprint density at radius 3 is 2.76 bits per heavy atom. The average Bonchev–Trinajstić information content (AvgIpc) is 3.20. The van der Waals surface area contributed by atoms with Crippen LogP contribution in [0.2, 0.25) is 0 Å². The van der Waals surface area contributed by atoms with Crippen molar-refractivity contribution >= 4 is 17.0 Å². The first-order chi connectivity index (χ1) is 13.8. The zero-order chi connectivity index (χ0) is 20.6. The maximum Gasteiger partial charge on any atom is 0.435 e. The lowest BCUT2D eigenvalue weighted by Gasteiger charge is -2.15. The Bertz CT molecular complexity index is 1110. The number of alkyl halides is 3. The van der Waals surface area contributed by atoms with E-state index in [9.17, 15) is 22.8 Å². The van der Waals surface area contributed by atoms with Gasteiger partial charge in [-0.3, -0.25) is 14.0 Å². The molecule has 0 aliphatic heterocycles. The van der Waals surface area contributed by atoms with Crippen LogP contribution in [0.15, 0.2) is 33.5 Å². The SMILES string of the molecule is O=C(Cn1c(=O)oc2ccccc21)NCCn1nc(C(F)(F)F)c2c1CCCC2. The van der Waals surface area contributed by atoms with Gasteiger partial charge >= 0.3 is 11.9 Å². The molecule has 0 unspecified atom stereocenters. The predicted octanol–water partition coefficient (Wildman–Crippen LogP) is 2.51. The number of nitrogens with one attached hydrogen (secondary N) is 1. The average molecular weight is 408 g/mol. The number of nitrogens with zero attached hydrogens (tertiary/aromatic N) is 3. The van der Waals surface area contributed by atoms with E-state index in [1.54, 1.807) is 24.3 Å². The lowest BCUT2D eigenvalue weighted by Crippen LogP contribution is -2.33. The van der Waals surface area contributed by atoms with E-state index in [4.69, 9.17) is 4.42 Å². The number of carbonyl (C=O) groups is 1. The molecule has 29 heavy (non-hydrogen) atoms. The van der Waals surface area contributed by atoms with Gasteiger partial charge in [-0.25, -0.2) is 4.79 Å². The van der Waals surface area contributed by atoms with Crippen molar-refractivity contribution in [2.45, 2.75) is 44.9 Å². The largest absolute Gasteiger partial charge is 0.435 e. The molecule has 0 spiro atoms. The molecule has 3 aromatic rings. The summed E-state index contributed by atoms with van der Waals surface area (Å²) in [6.45, 7) is 0.000827. The molecular formula is C19H19F3N4O3. The third kappa shape index (κ3) is 3.79. The minimum Gasteiger partial charge on any atom is -0.408 e. The fraction of sp³-hybridized carbons (Fsp3) is 0.421. The number of hydrogen-bond donors (Lipinski definition) is 1. The van der Waals surface area contributed by atoms with Crippen LogP contribution in [0.4, 0.5) is 13.2 Å². The van der Waals surface area contributed by atoms with Crippen molar-refractivity contribution in [2.24, 2.45) is 0 Å². The van der Waals surface area contributed by atoms with Crippen molar-refractivity contribution < 1.29 is 22.4 Å². The molecule has 2 aromatic heterocycles. The van der Waals surface area contributed by atoms with E-state index in [-0.39, 0.29) is 25.2 Å². The maximum atomic E-state index is 13.2. The standard InChI is InChI=1S/C19H19F3N4O3/c20-19(21,22)17-12-5-1-2-6-13(12)26(24-17)10-9-23-16(27)11-25-14-7-3-4-8-15(14)29-18(25)28/h3-4,7-8H,1-2,5-6,9-11H2,(H,23,27). The Hall–Kier alpha value is -3.04. The number of hydrogen-bond acceptors (Lipinski definition) is 4. The molecule has 0 saturated carbocycles. The second kappa shape index (κ2) is 7.41. The summed E-state index contributed by atoms with van der Waals surface area (Å²) in [5, 5.41) is 6.39. The molecule has 1 aliphatic carbocycles. The summed E-state index contributed by atoms with van der Waals surface area (Å²) in [5.41, 5.74) is 0.924. The summed E-state index contributed by atoms with van der Waals surface area (Å²) in [7, 11) is 0. The summed E-state index contributed by atoms with van der Waals surface area (Å²) in [5.74, 6) is -1.08. The Morgan fingerprint density at radius 2 is 1.97 bits per heavy atom. The van der Waals surface area contributed by atoms with Crippen LogP contribution in [-0.4, -0.2) is 26.8 Å². The minimum atomic E-state index is -4.49. The van der Waals surface area contributed by atoms with Crippen molar-refractivity contribution in [1.29, 1.82) is 0 Å². The van der Waals surface area contributed by atoms with Gasteiger partial charge in [-0.05, 0) is 37.8 Å². The number of aromatic nitrogens is 3. The fourth-order valence-electron chi connectivity index (χ4n) is 3.75. The summed E-state index contributed by atoms with van der Waals surface area (Å²) in [6, 6.07) is 6.74. The fourth-order valence-corrected chi connectivity index (χ4v) is 3.75. The number of para-hydroxylation sites is 2. The molecule has 0 saturated heterocycles. The number of amides is 1. The van der Waals surface area contributed by atoms with E-state index >= 15 is 0 Å². The second-order valence-electron chi connectivity index (χ2n) is 6.97. The van der Waals surface area contributed by atoms with E-state index in [0.29, 0.717) is 36.1 Å². The van der Waals surface area contributed by atoms with Gasteiger partial charge < -0.3 is 9.73 Å². The lowest BCUT2D eigenvalue weighted by molar-refractivity contribution is -0.142. The van der Waals surface area contributed by atoms with Crippen LogP contribution in [0.5, 0.6) is 0 Å². The highest BCUT2D eigenvalue weighted by molar-refractivity contribution is 5.79. The van der Waals surface area contributed by atoms with E-state index in [0.717, 1.165) is 6.42 Å². The first-order valence-corrected chi connectivity index (χ1v) is 9.35. The number of benzene rings is 1. The molecule has 1 amide bonds. The number of halogens is 3. The molecule has 154 valence electrons. The summed E-state index contributed by atoms with van der Waals surface area (Å²) in [4.78, 5) is 24.1. The first-order valence-electron chi connectivity index (χ1n) is 9.35. The highest BCUT2D eigenvalue weighted by atomic mass is 19.4. The van der Waals surface area contributed by atoms with Crippen molar-refractivity contribution in [3.8, 4) is 0 Å². The van der Waals surface area contributed by atoms with Gasteiger partial charge in [0.25, 0.3) is 0 Å². The van der Waals surface area contributed by atoms with Gasteiger partial charge in [-0.15, -0.1) is 0 Å². The van der Waals surface area contributed by atoms with E-state index < -0.39 is 23.5 Å². The van der Waals surface area contributed by atoms with Crippen LogP contribution in [0, 0.1) is 0 Å². The van der Waals surface area contributed by atoms with Crippen LogP contribution >= 0.6 is 0 Å². The van der Waals surface area contributed by atoms with Crippen LogP contribution in [0.25, 0.3) is 11.1 Å². The van der Waals surface area contributed by atoms with Gasteiger partial charge in [-0.2, -0.15) is 18.3 Å². The van der Waals surface area contributed by atoms with Crippen LogP contribution < -0.4 is 11.1 Å². The zero-order valence-electron chi connectivity index (χ0n) is 15.5. The minimum absolute atomic E-state index is 0.106. The second-order valence-corrected chi connectivity index (χ2v) is 6.97. The molecule has 0 fully saturated rings. The van der Waals surface area contributed by atoms with Gasteiger partial charge in [0.2, 0.25) is 5.91 Å². The molecule has 4 rings (SSSR count). The molecule has 1 aliphatic rings. The molecule has 0 bridgehead atoms. The molecule has 0 radical (unpaired) electrons. The number of carbonyl (C=O) groups excluding carboxylic acids is 1. The predicted molar refractivity (Wildman–Crippen MR) is 97.4 cm³/mol. The number of rotatable bonds is 5. The van der Waals surface area contributed by atoms with E-state index in [1.165, 1.54) is 9.25 Å². The number of fused-ring (bicyclic) bond motifs is 2. The molecule has 1 N–H and O–H groups in total. The highest BCUT2D eigenvalue weighted by Crippen LogP contribution is 2.35. The van der Waals surface area contributed by atoms with Crippen molar-refractivity contribution in [1.82, 2.24) is 19.7 Å². The van der Waals surface area contributed by atoms with Crippen molar-refractivity contribution in [3.05, 3.63) is 51.8 Å². The summed E-state index contributed by atoms with van der Waals surface area (Å²) < 4.78 is 47.3. The van der Waals surface area contributed by atoms with Gasteiger partial charge in [0, 0.05) is 17.8 Å². The normalized spacial score (nSPS) is 14.2. The van der Waals surface area contributed by atoms with Gasteiger partial charge in [0.05, 0.1) is 12.1 Å². The van der Waals surface area contributed by atoms with Crippen LogP contribution in [-0.2, 0) is 36.9 Å². The Balaban J connectivity index is 1.43. The topological polar surface area (TPSA) is 82.1 Å². The van der Waals surface area contributed by atoms with Gasteiger partial charge in [-0.1, -0.05) is 12.1 Å². The van der Waals surface area contributed by atoms with E-state index in [1.807, 2.05) is 0 Å². The van der Waals surface area contributed by atoms with E-state index in [2.05, 4.69) is 10.4 Å². The molecular weight excluding hydrogens is 389 g/mol. The third-order valence-electron chi connectivity index (χ3n) is 5.05. The van der Waals surface area contributed by atoms with Gasteiger partial charge in [0.15, 0.2) is 11.3 Å². The molecule has 10 heteroatoms. The number of oxazole rings is 1.